The van der Waals surface area contributed by atoms with Crippen LogP contribution < -0.4 is 5.73 Å². The van der Waals surface area contributed by atoms with Gasteiger partial charge < -0.3 is 15.4 Å². The van der Waals surface area contributed by atoms with Gasteiger partial charge in [0, 0.05) is 5.75 Å². The van der Waals surface area contributed by atoms with Gasteiger partial charge in [-0.3, -0.25) is 9.00 Å². The molecule has 2 atom stereocenters. The Hall–Kier alpha value is -0.460. The molecule has 5 nitrogen and oxygen atoms in total. The van der Waals surface area contributed by atoms with Crippen LogP contribution in [-0.4, -0.2) is 32.1 Å². The van der Waals surface area contributed by atoms with E-state index < -0.39 is 22.5 Å². The highest BCUT2D eigenvalue weighted by atomic mass is 32.2. The normalized spacial score (nSPS) is 18.2. The van der Waals surface area contributed by atoms with Gasteiger partial charge in [0.25, 0.3) is 0 Å². The van der Waals surface area contributed by atoms with Crippen molar-refractivity contribution in [1.82, 2.24) is 0 Å². The van der Waals surface area contributed by atoms with E-state index in [4.69, 9.17) is 10.8 Å². The lowest BCUT2D eigenvalue weighted by atomic mass is 9.89. The molecule has 0 fully saturated rings. The molecule has 0 saturated carbocycles. The molecule has 3 N–H and O–H groups in total. The smallest absolute Gasteiger partial charge is 0.310 e. The third kappa shape index (κ3) is 3.29. The molecule has 6 heteroatoms. The van der Waals surface area contributed by atoms with Gasteiger partial charge in [0.05, 0.1) is 5.41 Å². The second-order valence-electron chi connectivity index (χ2n) is 2.85. The van der Waals surface area contributed by atoms with E-state index in [1.807, 2.05) is 0 Å². The number of carboxylic acid groups (broad SMARTS) is 1. The molecule has 0 aliphatic carbocycles. The lowest BCUT2D eigenvalue weighted by Gasteiger charge is -2.24. The molecule has 0 aliphatic heterocycles. The maximum atomic E-state index is 10.6. The van der Waals surface area contributed by atoms with Crippen molar-refractivity contribution in [2.45, 2.75) is 13.3 Å². The van der Waals surface area contributed by atoms with Crippen LogP contribution in [0.1, 0.15) is 13.3 Å². The molecular weight excluding hydrogens is 182 g/mol. The average molecular weight is 194 g/mol. The first-order valence-electron chi connectivity index (χ1n) is 3.42. The van der Waals surface area contributed by atoms with Crippen LogP contribution >= 0.6 is 0 Å². The fourth-order valence-electron chi connectivity index (χ4n) is 0.820. The first-order chi connectivity index (χ1) is 5.42. The number of carbonyl (C=O) groups is 1. The second kappa shape index (κ2) is 4.54. The van der Waals surface area contributed by atoms with Crippen LogP contribution in [0.2, 0.25) is 0 Å². The lowest BCUT2D eigenvalue weighted by molar-refractivity contribution is -0.146. The lowest BCUT2D eigenvalue weighted by Crippen LogP contribution is -2.35. The third-order valence-electron chi connectivity index (χ3n) is 1.65. The molecule has 0 aromatic carbocycles. The van der Waals surface area contributed by atoms with Crippen LogP contribution in [-0.2, 0) is 15.9 Å². The van der Waals surface area contributed by atoms with E-state index in [2.05, 4.69) is 0 Å². The van der Waals surface area contributed by atoms with Gasteiger partial charge in [0.2, 0.25) is 0 Å². The maximum Gasteiger partial charge on any atom is 0.310 e. The quantitative estimate of drug-likeness (QED) is 0.563. The summed E-state index contributed by atoms with van der Waals surface area (Å²) in [7, 11) is 0. The predicted octanol–water partition coefficient (Wildman–Crippen LogP) is -0.695. The van der Waals surface area contributed by atoms with Gasteiger partial charge in [-0.15, -0.1) is 0 Å². The Morgan fingerprint density at radius 1 is 1.75 bits per heavy atom. The van der Waals surface area contributed by atoms with Crippen LogP contribution in [0.3, 0.4) is 0 Å². The summed E-state index contributed by atoms with van der Waals surface area (Å²) in [5.74, 6) is -1.52. The Morgan fingerprint density at radius 2 is 2.25 bits per heavy atom. The first-order valence-corrected chi connectivity index (χ1v) is 4.66. The number of aliphatic carboxylic acids is 1. The molecule has 0 saturated heterocycles. The van der Waals surface area contributed by atoms with Gasteiger partial charge in [-0.1, -0.05) is 11.1 Å². The highest BCUT2D eigenvalue weighted by molar-refractivity contribution is 7.79. The molecule has 12 heavy (non-hydrogen) atoms. The molecule has 0 radical (unpaired) electrons. The molecule has 0 bridgehead atoms. The van der Waals surface area contributed by atoms with Crippen LogP contribution in [0, 0.1) is 5.41 Å². The predicted molar refractivity (Wildman–Crippen MR) is 43.2 cm³/mol. The number of carboxylic acids is 1. The van der Waals surface area contributed by atoms with Gasteiger partial charge in [-0.2, -0.15) is 0 Å². The molecule has 72 valence electrons. The topological polar surface area (TPSA) is 103 Å². The Balaban J connectivity index is 4.38. The fourth-order valence-corrected chi connectivity index (χ4v) is 1.61. The van der Waals surface area contributed by atoms with E-state index in [0.717, 1.165) is 0 Å². The molecule has 0 amide bonds. The zero-order chi connectivity index (χ0) is 9.78. The van der Waals surface area contributed by atoms with E-state index in [-0.39, 0.29) is 18.7 Å². The van der Waals surface area contributed by atoms with Crippen LogP contribution in [0.4, 0.5) is 0 Å². The number of rotatable bonds is 5. The van der Waals surface area contributed by atoms with E-state index >= 15 is 0 Å². The summed E-state index contributed by atoms with van der Waals surface area (Å²) in [6, 6.07) is 0. The molecular formula is C6H12NO4S-. The summed E-state index contributed by atoms with van der Waals surface area (Å²) in [6.07, 6.45) is 0.163. The van der Waals surface area contributed by atoms with Gasteiger partial charge in [0.15, 0.2) is 0 Å². The molecule has 0 heterocycles. The van der Waals surface area contributed by atoms with Crippen molar-refractivity contribution in [3.05, 3.63) is 0 Å². The molecule has 0 aromatic rings. The first kappa shape index (κ1) is 11.5. The minimum Gasteiger partial charge on any atom is -0.772 e. The minimum absolute atomic E-state index is 0.163. The fraction of sp³-hybridized carbons (Fsp3) is 0.833. The molecule has 0 spiro atoms. The van der Waals surface area contributed by atoms with Crippen molar-refractivity contribution < 1.29 is 18.7 Å². The zero-order valence-electron chi connectivity index (χ0n) is 6.78. The zero-order valence-corrected chi connectivity index (χ0v) is 7.60. The second-order valence-corrected chi connectivity index (χ2v) is 3.75. The monoisotopic (exact) mass is 194 g/mol. The van der Waals surface area contributed by atoms with Crippen LogP contribution in [0.15, 0.2) is 0 Å². The SMILES string of the molecule is C[C@](CCN)(CS(=O)[O-])C(=O)O. The van der Waals surface area contributed by atoms with Gasteiger partial charge in [0.1, 0.15) is 0 Å². The van der Waals surface area contributed by atoms with Crippen molar-refractivity contribution in [3.8, 4) is 0 Å². The molecule has 0 aromatic heterocycles. The summed E-state index contributed by atoms with van der Waals surface area (Å²) in [4.78, 5) is 10.6. The number of hydrogen-bond acceptors (Lipinski definition) is 4. The van der Waals surface area contributed by atoms with Gasteiger partial charge in [-0.05, 0) is 19.9 Å². The Bertz CT molecular complexity index is 196. The van der Waals surface area contributed by atoms with Crippen molar-refractivity contribution >= 4 is 17.0 Å². The Kier molecular flexibility index (Phi) is 4.36. The van der Waals surface area contributed by atoms with Gasteiger partial charge >= 0.3 is 5.97 Å². The minimum atomic E-state index is -2.34. The summed E-state index contributed by atoms with van der Waals surface area (Å²) in [5.41, 5.74) is 3.92. The largest absolute Gasteiger partial charge is 0.772 e. The number of nitrogens with two attached hydrogens (primary N) is 1. The summed E-state index contributed by atoms with van der Waals surface area (Å²) in [5, 5.41) is 8.68. The van der Waals surface area contributed by atoms with Gasteiger partial charge in [-0.25, -0.2) is 0 Å². The maximum absolute atomic E-state index is 10.6. The summed E-state index contributed by atoms with van der Waals surface area (Å²) >= 11 is -2.34. The molecule has 0 rings (SSSR count). The van der Waals surface area contributed by atoms with Crippen molar-refractivity contribution in [3.63, 3.8) is 0 Å². The van der Waals surface area contributed by atoms with E-state index in [1.54, 1.807) is 0 Å². The van der Waals surface area contributed by atoms with E-state index in [1.165, 1.54) is 6.92 Å². The van der Waals surface area contributed by atoms with Crippen molar-refractivity contribution in [2.24, 2.45) is 11.1 Å². The number of hydrogen-bond donors (Lipinski definition) is 2. The Morgan fingerprint density at radius 3 is 2.50 bits per heavy atom. The van der Waals surface area contributed by atoms with Crippen molar-refractivity contribution in [1.29, 1.82) is 0 Å². The van der Waals surface area contributed by atoms with E-state index in [0.29, 0.717) is 0 Å². The summed E-state index contributed by atoms with van der Waals surface area (Å²) in [6.45, 7) is 1.54. The molecule has 0 aliphatic rings. The third-order valence-corrected chi connectivity index (χ3v) is 2.52. The summed E-state index contributed by atoms with van der Waals surface area (Å²) < 4.78 is 20.6. The highest BCUT2D eigenvalue weighted by Gasteiger charge is 2.32. The Labute approximate surface area is 73.2 Å². The van der Waals surface area contributed by atoms with Crippen molar-refractivity contribution in [2.75, 3.05) is 12.3 Å². The molecule has 1 unspecified atom stereocenters. The van der Waals surface area contributed by atoms with Crippen LogP contribution in [0.5, 0.6) is 0 Å². The average Bonchev–Trinajstić information content (AvgIpc) is 1.85. The highest BCUT2D eigenvalue weighted by Crippen LogP contribution is 2.21. The van der Waals surface area contributed by atoms with Crippen LogP contribution in [0.25, 0.3) is 0 Å². The van der Waals surface area contributed by atoms with E-state index in [9.17, 15) is 13.6 Å². The standard InChI is InChI=1S/C6H13NO4S/c1-6(2-3-7,5(8)9)4-12(10)11/h2-4,7H2,1H3,(H,8,9)(H,10,11)/p-1/t6-/m0/s1.